The van der Waals surface area contributed by atoms with Crippen molar-refractivity contribution in [2.45, 2.75) is 19.4 Å². The number of hydrogen-bond acceptors (Lipinski definition) is 3. The van der Waals surface area contributed by atoms with E-state index in [2.05, 4.69) is 21.2 Å². The third kappa shape index (κ3) is 4.36. The van der Waals surface area contributed by atoms with Gasteiger partial charge in [0.05, 0.1) is 12.5 Å². The van der Waals surface area contributed by atoms with Gasteiger partial charge in [0.1, 0.15) is 5.76 Å². The summed E-state index contributed by atoms with van der Waals surface area (Å²) in [5.41, 5.74) is 2.00. The average molecular weight is 351 g/mol. The molecular formula is C16H19BrN2O2. The summed E-state index contributed by atoms with van der Waals surface area (Å²) in [5.74, 6) is 0.971. The Morgan fingerprint density at radius 1 is 1.24 bits per heavy atom. The number of carbonyl (C=O) groups is 1. The predicted octanol–water partition coefficient (Wildman–Crippen LogP) is 3.85. The molecule has 4 nitrogen and oxygen atoms in total. The van der Waals surface area contributed by atoms with Crippen molar-refractivity contribution < 1.29 is 9.21 Å². The lowest BCUT2D eigenvalue weighted by molar-refractivity contribution is -0.127. The normalized spacial score (nSPS) is 12.0. The molecule has 0 bridgehead atoms. The minimum Gasteiger partial charge on any atom is -0.452 e. The predicted molar refractivity (Wildman–Crippen MR) is 87.3 cm³/mol. The maximum atomic E-state index is 11.7. The summed E-state index contributed by atoms with van der Waals surface area (Å²) >= 11 is 3.30. The van der Waals surface area contributed by atoms with Crippen molar-refractivity contribution in [2.24, 2.45) is 0 Å². The lowest BCUT2D eigenvalue weighted by Gasteiger charge is -2.14. The lowest BCUT2D eigenvalue weighted by atomic mass is 10.1. The van der Waals surface area contributed by atoms with Crippen molar-refractivity contribution in [1.29, 1.82) is 0 Å². The maximum absolute atomic E-state index is 11.7. The second kappa shape index (κ2) is 6.80. The largest absolute Gasteiger partial charge is 0.452 e. The molecular weight excluding hydrogens is 332 g/mol. The van der Waals surface area contributed by atoms with E-state index >= 15 is 0 Å². The highest BCUT2D eigenvalue weighted by Crippen LogP contribution is 2.23. The highest BCUT2D eigenvalue weighted by molar-refractivity contribution is 9.10. The van der Waals surface area contributed by atoms with Crippen LogP contribution in [-0.2, 0) is 11.2 Å². The van der Waals surface area contributed by atoms with Gasteiger partial charge in [-0.3, -0.25) is 4.79 Å². The van der Waals surface area contributed by atoms with Crippen LogP contribution < -0.4 is 5.32 Å². The average Bonchev–Trinajstić information content (AvgIpc) is 2.87. The Bertz CT molecular complexity index is 605. The first-order chi connectivity index (χ1) is 9.95. The zero-order valence-corrected chi connectivity index (χ0v) is 14.0. The number of hydrogen-bond donors (Lipinski definition) is 1. The highest BCUT2D eigenvalue weighted by atomic mass is 79.9. The SMILES string of the molecule is CC(Nc1ccc(CC(=O)N(C)C)cc1)c1ccc(Br)o1. The Hall–Kier alpha value is -1.75. The fraction of sp³-hybridized carbons (Fsp3) is 0.312. The van der Waals surface area contributed by atoms with Gasteiger partial charge in [-0.25, -0.2) is 0 Å². The Morgan fingerprint density at radius 2 is 1.90 bits per heavy atom. The molecule has 1 aromatic heterocycles. The summed E-state index contributed by atoms with van der Waals surface area (Å²) in [6.45, 7) is 2.04. The summed E-state index contributed by atoms with van der Waals surface area (Å²) in [7, 11) is 3.53. The monoisotopic (exact) mass is 350 g/mol. The molecule has 1 amide bonds. The second-order valence-electron chi connectivity index (χ2n) is 5.17. The smallest absolute Gasteiger partial charge is 0.226 e. The Kier molecular flexibility index (Phi) is 5.07. The summed E-state index contributed by atoms with van der Waals surface area (Å²) in [5, 5.41) is 3.36. The van der Waals surface area contributed by atoms with Gasteiger partial charge in [-0.15, -0.1) is 0 Å². The van der Waals surface area contributed by atoms with E-state index in [0.717, 1.165) is 21.7 Å². The van der Waals surface area contributed by atoms with Crippen LogP contribution in [0.1, 0.15) is 24.3 Å². The van der Waals surface area contributed by atoms with Crippen molar-refractivity contribution in [1.82, 2.24) is 4.90 Å². The molecule has 2 rings (SSSR count). The molecule has 5 heteroatoms. The lowest BCUT2D eigenvalue weighted by Crippen LogP contribution is -2.23. The van der Waals surface area contributed by atoms with Crippen LogP contribution in [0.4, 0.5) is 5.69 Å². The number of halogens is 1. The molecule has 0 radical (unpaired) electrons. The van der Waals surface area contributed by atoms with Crippen molar-refractivity contribution >= 4 is 27.5 Å². The van der Waals surface area contributed by atoms with Gasteiger partial charge in [-0.05, 0) is 52.7 Å². The molecule has 0 aliphatic heterocycles. The molecule has 21 heavy (non-hydrogen) atoms. The van der Waals surface area contributed by atoms with E-state index in [-0.39, 0.29) is 11.9 Å². The number of amides is 1. The van der Waals surface area contributed by atoms with E-state index in [1.54, 1.807) is 19.0 Å². The van der Waals surface area contributed by atoms with Crippen molar-refractivity contribution in [3.63, 3.8) is 0 Å². The van der Waals surface area contributed by atoms with Crippen LogP contribution in [0.25, 0.3) is 0 Å². The summed E-state index contributed by atoms with van der Waals surface area (Å²) in [4.78, 5) is 13.3. The number of likely N-dealkylation sites (N-methyl/N-ethyl adjacent to an activating group) is 1. The van der Waals surface area contributed by atoms with Gasteiger partial charge in [0, 0.05) is 19.8 Å². The van der Waals surface area contributed by atoms with Gasteiger partial charge in [0.2, 0.25) is 5.91 Å². The van der Waals surface area contributed by atoms with Crippen molar-refractivity contribution in [3.05, 3.63) is 52.4 Å². The topological polar surface area (TPSA) is 45.5 Å². The van der Waals surface area contributed by atoms with Crippen molar-refractivity contribution in [3.8, 4) is 0 Å². The Morgan fingerprint density at radius 3 is 2.43 bits per heavy atom. The van der Waals surface area contributed by atoms with E-state index in [4.69, 9.17) is 4.42 Å². The fourth-order valence-corrected chi connectivity index (χ4v) is 2.25. The minimum atomic E-state index is 0.0746. The molecule has 1 atom stereocenters. The molecule has 1 unspecified atom stereocenters. The fourth-order valence-electron chi connectivity index (χ4n) is 1.93. The highest BCUT2D eigenvalue weighted by Gasteiger charge is 2.10. The third-order valence-electron chi connectivity index (χ3n) is 3.21. The van der Waals surface area contributed by atoms with E-state index in [1.807, 2.05) is 43.3 Å². The molecule has 1 N–H and O–H groups in total. The Balaban J connectivity index is 1.97. The molecule has 0 spiro atoms. The maximum Gasteiger partial charge on any atom is 0.226 e. The number of furan rings is 1. The van der Waals surface area contributed by atoms with E-state index in [9.17, 15) is 4.79 Å². The molecule has 1 heterocycles. The quantitative estimate of drug-likeness (QED) is 0.890. The molecule has 0 aliphatic rings. The van der Waals surface area contributed by atoms with Gasteiger partial charge in [0.25, 0.3) is 0 Å². The molecule has 2 aromatic rings. The van der Waals surface area contributed by atoms with E-state index in [0.29, 0.717) is 6.42 Å². The van der Waals surface area contributed by atoms with Crippen LogP contribution in [0.2, 0.25) is 0 Å². The number of nitrogens with one attached hydrogen (secondary N) is 1. The molecule has 112 valence electrons. The molecule has 1 aromatic carbocycles. The van der Waals surface area contributed by atoms with Gasteiger partial charge >= 0.3 is 0 Å². The van der Waals surface area contributed by atoms with Gasteiger partial charge in [-0.1, -0.05) is 12.1 Å². The van der Waals surface area contributed by atoms with E-state index < -0.39 is 0 Å². The minimum absolute atomic E-state index is 0.0746. The number of anilines is 1. The van der Waals surface area contributed by atoms with Crippen LogP contribution in [0.5, 0.6) is 0 Å². The third-order valence-corrected chi connectivity index (χ3v) is 3.64. The van der Waals surface area contributed by atoms with E-state index in [1.165, 1.54) is 0 Å². The number of benzene rings is 1. The van der Waals surface area contributed by atoms with Crippen LogP contribution in [0.15, 0.2) is 45.5 Å². The van der Waals surface area contributed by atoms with Crippen LogP contribution in [0, 0.1) is 0 Å². The number of nitrogens with zero attached hydrogens (tertiary/aromatic N) is 1. The first kappa shape index (κ1) is 15.6. The first-order valence-corrected chi connectivity index (χ1v) is 7.56. The zero-order chi connectivity index (χ0) is 15.4. The zero-order valence-electron chi connectivity index (χ0n) is 12.4. The van der Waals surface area contributed by atoms with Crippen LogP contribution >= 0.6 is 15.9 Å². The molecule has 0 fully saturated rings. The second-order valence-corrected chi connectivity index (χ2v) is 5.95. The van der Waals surface area contributed by atoms with Crippen LogP contribution in [0.3, 0.4) is 0 Å². The first-order valence-electron chi connectivity index (χ1n) is 6.76. The van der Waals surface area contributed by atoms with Gasteiger partial charge in [0.15, 0.2) is 4.67 Å². The molecule has 0 saturated heterocycles. The van der Waals surface area contributed by atoms with Crippen LogP contribution in [-0.4, -0.2) is 24.9 Å². The standard InChI is InChI=1S/C16H19BrN2O2/c1-11(14-8-9-15(17)21-14)18-13-6-4-12(5-7-13)10-16(20)19(2)3/h4-9,11,18H,10H2,1-3H3. The van der Waals surface area contributed by atoms with Gasteiger partial charge < -0.3 is 14.6 Å². The molecule has 0 aliphatic carbocycles. The number of carbonyl (C=O) groups excluding carboxylic acids is 1. The summed E-state index contributed by atoms with van der Waals surface area (Å²) in [6.07, 6.45) is 0.425. The molecule has 0 saturated carbocycles. The van der Waals surface area contributed by atoms with Gasteiger partial charge in [-0.2, -0.15) is 0 Å². The Labute approximate surface area is 133 Å². The summed E-state index contributed by atoms with van der Waals surface area (Å²) in [6, 6.07) is 11.8. The summed E-state index contributed by atoms with van der Waals surface area (Å²) < 4.78 is 6.25. The number of rotatable bonds is 5. The van der Waals surface area contributed by atoms with Crippen molar-refractivity contribution in [2.75, 3.05) is 19.4 Å².